The van der Waals surface area contributed by atoms with Gasteiger partial charge in [0.15, 0.2) is 11.5 Å². The van der Waals surface area contributed by atoms with Gasteiger partial charge in [0.25, 0.3) is 0 Å². The standard InChI is InChI=1S/C26H30N6O/c1-2-33-21-14-12-20(13-15-21)29-24-23(18-6-4-3-5-7-18)25(28)31-32-16-22(30-26(24)32)17-8-10-19(27)11-9-17/h3-7,12-17,19,29H,2,8-11,27H2,1H3,(H2,28,31). The zero-order valence-corrected chi connectivity index (χ0v) is 18.9. The van der Waals surface area contributed by atoms with Crippen LogP contribution in [0.2, 0.25) is 0 Å². The number of nitrogens with zero attached hydrogens (tertiary/aromatic N) is 3. The molecule has 7 heteroatoms. The number of fused-ring (bicyclic) bond motifs is 1. The number of anilines is 3. The summed E-state index contributed by atoms with van der Waals surface area (Å²) in [6, 6.07) is 18.3. The van der Waals surface area contributed by atoms with Crippen LogP contribution in [0, 0.1) is 0 Å². The lowest BCUT2D eigenvalue weighted by atomic mass is 9.85. The largest absolute Gasteiger partial charge is 0.494 e. The van der Waals surface area contributed by atoms with Gasteiger partial charge in [-0.3, -0.25) is 0 Å². The maximum Gasteiger partial charge on any atom is 0.178 e. The van der Waals surface area contributed by atoms with Gasteiger partial charge in [-0.05, 0) is 62.4 Å². The summed E-state index contributed by atoms with van der Waals surface area (Å²) >= 11 is 0. The van der Waals surface area contributed by atoms with Gasteiger partial charge in [-0.1, -0.05) is 30.3 Å². The average Bonchev–Trinajstić information content (AvgIpc) is 3.25. The van der Waals surface area contributed by atoms with Gasteiger partial charge in [-0.15, -0.1) is 5.10 Å². The topological polar surface area (TPSA) is 103 Å². The first-order valence-corrected chi connectivity index (χ1v) is 11.6. The van der Waals surface area contributed by atoms with Crippen molar-refractivity contribution in [3.05, 3.63) is 66.5 Å². The highest BCUT2D eigenvalue weighted by molar-refractivity contribution is 5.94. The maximum atomic E-state index is 6.51. The third kappa shape index (κ3) is 4.36. The molecule has 1 aliphatic rings. The van der Waals surface area contributed by atoms with E-state index in [2.05, 4.69) is 10.4 Å². The van der Waals surface area contributed by atoms with E-state index >= 15 is 0 Å². The fourth-order valence-electron chi connectivity index (χ4n) is 4.61. The van der Waals surface area contributed by atoms with E-state index < -0.39 is 0 Å². The lowest BCUT2D eigenvalue weighted by Crippen LogP contribution is -2.25. The van der Waals surface area contributed by atoms with Gasteiger partial charge in [0, 0.05) is 17.6 Å². The van der Waals surface area contributed by atoms with E-state index in [1.807, 2.05) is 72.2 Å². The second-order valence-electron chi connectivity index (χ2n) is 8.63. The molecule has 1 fully saturated rings. The zero-order valence-electron chi connectivity index (χ0n) is 18.9. The van der Waals surface area contributed by atoms with Crippen molar-refractivity contribution in [1.29, 1.82) is 0 Å². The Hall–Kier alpha value is -3.58. The molecule has 7 nitrogen and oxygen atoms in total. The van der Waals surface area contributed by atoms with Gasteiger partial charge >= 0.3 is 0 Å². The highest BCUT2D eigenvalue weighted by atomic mass is 16.5. The number of ether oxygens (including phenoxy) is 1. The number of hydrogen-bond acceptors (Lipinski definition) is 6. The summed E-state index contributed by atoms with van der Waals surface area (Å²) in [7, 11) is 0. The first-order valence-electron chi connectivity index (χ1n) is 11.6. The fourth-order valence-corrected chi connectivity index (χ4v) is 4.61. The van der Waals surface area contributed by atoms with Crippen LogP contribution in [0.5, 0.6) is 5.75 Å². The van der Waals surface area contributed by atoms with Crippen molar-refractivity contribution in [2.45, 2.75) is 44.6 Å². The minimum atomic E-state index is 0.300. The summed E-state index contributed by atoms with van der Waals surface area (Å²) in [5, 5.41) is 8.24. The Morgan fingerprint density at radius 2 is 1.76 bits per heavy atom. The van der Waals surface area contributed by atoms with Gasteiger partial charge in [0.2, 0.25) is 0 Å². The molecule has 0 bridgehead atoms. The number of rotatable bonds is 6. The second-order valence-corrected chi connectivity index (χ2v) is 8.63. The summed E-state index contributed by atoms with van der Waals surface area (Å²) < 4.78 is 7.40. The summed E-state index contributed by atoms with van der Waals surface area (Å²) in [5.74, 6) is 1.69. The monoisotopic (exact) mass is 442 g/mol. The van der Waals surface area contributed by atoms with Crippen LogP contribution in [0.4, 0.5) is 17.2 Å². The van der Waals surface area contributed by atoms with E-state index in [0.29, 0.717) is 24.4 Å². The van der Waals surface area contributed by atoms with E-state index in [0.717, 1.165) is 65.3 Å². The van der Waals surface area contributed by atoms with E-state index in [1.165, 1.54) is 0 Å². The van der Waals surface area contributed by atoms with Crippen LogP contribution in [-0.2, 0) is 0 Å². The molecular formula is C26H30N6O. The molecule has 0 saturated heterocycles. The van der Waals surface area contributed by atoms with Crippen molar-refractivity contribution in [2.75, 3.05) is 17.7 Å². The molecule has 1 saturated carbocycles. The molecule has 5 rings (SSSR count). The van der Waals surface area contributed by atoms with Crippen LogP contribution in [0.15, 0.2) is 60.8 Å². The SMILES string of the molecule is CCOc1ccc(Nc2c(-c3ccccc3)c(N)nn3cc(C4CCC(N)CC4)nc23)cc1. The van der Waals surface area contributed by atoms with Gasteiger partial charge in [0.05, 0.1) is 29.7 Å². The van der Waals surface area contributed by atoms with Crippen molar-refractivity contribution in [2.24, 2.45) is 5.73 Å². The predicted molar refractivity (Wildman–Crippen MR) is 133 cm³/mol. The molecule has 33 heavy (non-hydrogen) atoms. The van der Waals surface area contributed by atoms with Gasteiger partial charge in [0.1, 0.15) is 5.75 Å². The van der Waals surface area contributed by atoms with E-state index in [9.17, 15) is 0 Å². The van der Waals surface area contributed by atoms with Crippen LogP contribution < -0.4 is 21.5 Å². The molecule has 1 aliphatic carbocycles. The number of benzene rings is 2. The number of nitrogens with one attached hydrogen (secondary N) is 1. The highest BCUT2D eigenvalue weighted by Gasteiger charge is 2.25. The van der Waals surface area contributed by atoms with Crippen LogP contribution in [0.1, 0.15) is 44.2 Å². The number of imidazole rings is 1. The van der Waals surface area contributed by atoms with Crippen molar-refractivity contribution < 1.29 is 4.74 Å². The third-order valence-electron chi connectivity index (χ3n) is 6.34. The molecule has 2 aromatic carbocycles. The Kier molecular flexibility index (Phi) is 5.88. The first-order chi connectivity index (χ1) is 16.1. The van der Waals surface area contributed by atoms with Gasteiger partial charge < -0.3 is 21.5 Å². The molecular weight excluding hydrogens is 412 g/mol. The Labute approximate surface area is 193 Å². The lowest BCUT2D eigenvalue weighted by Gasteiger charge is -2.24. The lowest BCUT2D eigenvalue weighted by molar-refractivity contribution is 0.340. The quantitative estimate of drug-likeness (QED) is 0.384. The highest BCUT2D eigenvalue weighted by Crippen LogP contribution is 2.39. The molecule has 0 spiro atoms. The Bertz CT molecular complexity index is 1230. The fraction of sp³-hybridized carbons (Fsp3) is 0.308. The summed E-state index contributed by atoms with van der Waals surface area (Å²) in [6.45, 7) is 2.61. The number of nitrogen functional groups attached to an aromatic ring is 1. The summed E-state index contributed by atoms with van der Waals surface area (Å²) in [4.78, 5) is 5.05. The third-order valence-corrected chi connectivity index (χ3v) is 6.34. The smallest absolute Gasteiger partial charge is 0.178 e. The van der Waals surface area contributed by atoms with Crippen LogP contribution in [-0.4, -0.2) is 27.2 Å². The van der Waals surface area contributed by atoms with Gasteiger partial charge in [-0.2, -0.15) is 0 Å². The van der Waals surface area contributed by atoms with Crippen LogP contribution >= 0.6 is 0 Å². The summed E-state index contributed by atoms with van der Waals surface area (Å²) in [5.41, 5.74) is 18.1. The van der Waals surface area contributed by atoms with Gasteiger partial charge in [-0.25, -0.2) is 9.50 Å². The van der Waals surface area contributed by atoms with Crippen molar-refractivity contribution in [1.82, 2.24) is 14.6 Å². The molecule has 4 aromatic rings. The van der Waals surface area contributed by atoms with E-state index in [1.54, 1.807) is 0 Å². The van der Waals surface area contributed by atoms with E-state index in [-0.39, 0.29) is 0 Å². The molecule has 170 valence electrons. The van der Waals surface area contributed by atoms with Crippen molar-refractivity contribution >= 4 is 22.8 Å². The number of hydrogen-bond donors (Lipinski definition) is 3. The molecule has 0 aliphatic heterocycles. The van der Waals surface area contributed by atoms with Crippen LogP contribution in [0.3, 0.4) is 0 Å². The molecule has 0 atom stereocenters. The zero-order chi connectivity index (χ0) is 22.8. The van der Waals surface area contributed by atoms with Crippen molar-refractivity contribution in [3.63, 3.8) is 0 Å². The molecule has 0 amide bonds. The molecule has 0 unspecified atom stereocenters. The normalized spacial score (nSPS) is 18.4. The predicted octanol–water partition coefficient (Wildman–Crippen LogP) is 5.11. The molecule has 5 N–H and O–H groups in total. The Morgan fingerprint density at radius 3 is 2.45 bits per heavy atom. The second kappa shape index (κ2) is 9.11. The first kappa shape index (κ1) is 21.3. The number of nitrogens with two attached hydrogens (primary N) is 2. The summed E-state index contributed by atoms with van der Waals surface area (Å²) in [6.07, 6.45) is 6.17. The molecule has 0 radical (unpaired) electrons. The average molecular weight is 443 g/mol. The minimum absolute atomic E-state index is 0.300. The van der Waals surface area contributed by atoms with Crippen molar-refractivity contribution in [3.8, 4) is 16.9 Å². The van der Waals surface area contributed by atoms with Crippen LogP contribution in [0.25, 0.3) is 16.8 Å². The molecule has 2 aromatic heterocycles. The number of aromatic nitrogens is 3. The molecule has 2 heterocycles. The maximum absolute atomic E-state index is 6.51. The van der Waals surface area contributed by atoms with E-state index in [4.69, 9.17) is 21.2 Å². The minimum Gasteiger partial charge on any atom is -0.494 e. The Balaban J connectivity index is 1.61. The Morgan fingerprint density at radius 1 is 1.03 bits per heavy atom.